The van der Waals surface area contributed by atoms with E-state index in [9.17, 15) is 0 Å². The van der Waals surface area contributed by atoms with Crippen LogP contribution in [0.2, 0.25) is 0 Å². The lowest BCUT2D eigenvalue weighted by atomic mass is 10.3. The zero-order valence-electron chi connectivity index (χ0n) is 8.25. The highest BCUT2D eigenvalue weighted by Crippen LogP contribution is 2.12. The number of nitrogens with zero attached hydrogens (tertiary/aromatic N) is 1. The number of nitriles is 1. The molecular formula is C10H14N2OS. The third kappa shape index (κ3) is 3.88. The van der Waals surface area contributed by atoms with Crippen LogP contribution in [0.4, 0.5) is 0 Å². The lowest BCUT2D eigenvalue weighted by molar-refractivity contribution is 0.149. The Labute approximate surface area is 88.3 Å². The number of hydrogen-bond donors (Lipinski definition) is 1. The molecule has 0 aromatic carbocycles. The van der Waals surface area contributed by atoms with E-state index in [2.05, 4.69) is 11.4 Å². The average Bonchev–Trinajstić information content (AvgIpc) is 2.65. The van der Waals surface area contributed by atoms with Crippen molar-refractivity contribution in [3.63, 3.8) is 0 Å². The molecule has 0 radical (unpaired) electrons. The van der Waals surface area contributed by atoms with E-state index >= 15 is 0 Å². The molecule has 0 aliphatic carbocycles. The lowest BCUT2D eigenvalue weighted by Gasteiger charge is -2.02. The number of nitrogens with one attached hydrogen (secondary N) is 1. The van der Waals surface area contributed by atoms with E-state index in [1.165, 1.54) is 4.88 Å². The van der Waals surface area contributed by atoms with Crippen molar-refractivity contribution >= 4 is 11.3 Å². The zero-order valence-corrected chi connectivity index (χ0v) is 9.06. The number of rotatable bonds is 6. The van der Waals surface area contributed by atoms with Crippen molar-refractivity contribution in [3.05, 3.63) is 21.9 Å². The van der Waals surface area contributed by atoms with Gasteiger partial charge in [-0.15, -0.1) is 11.3 Å². The maximum atomic E-state index is 8.61. The summed E-state index contributed by atoms with van der Waals surface area (Å²) in [5, 5.41) is 13.7. The molecular weight excluding hydrogens is 196 g/mol. The van der Waals surface area contributed by atoms with Crippen molar-refractivity contribution in [2.45, 2.75) is 13.5 Å². The van der Waals surface area contributed by atoms with Gasteiger partial charge in [0, 0.05) is 30.0 Å². The second kappa shape index (κ2) is 6.55. The average molecular weight is 210 g/mol. The van der Waals surface area contributed by atoms with Gasteiger partial charge in [0.15, 0.2) is 0 Å². The number of ether oxygens (including phenoxy) is 1. The van der Waals surface area contributed by atoms with E-state index < -0.39 is 0 Å². The molecule has 0 aliphatic heterocycles. The molecule has 1 aromatic heterocycles. The van der Waals surface area contributed by atoms with Gasteiger partial charge >= 0.3 is 0 Å². The molecule has 0 spiro atoms. The molecule has 0 bridgehead atoms. The van der Waals surface area contributed by atoms with E-state index in [4.69, 9.17) is 10.00 Å². The SMILES string of the molecule is CCOCCNCc1cc(C#N)cs1. The monoisotopic (exact) mass is 210 g/mol. The fraction of sp³-hybridized carbons (Fsp3) is 0.500. The highest BCUT2D eigenvalue weighted by Gasteiger charge is 1.97. The molecule has 1 heterocycles. The third-order valence-corrected chi connectivity index (χ3v) is 2.65. The van der Waals surface area contributed by atoms with Gasteiger partial charge in [-0.25, -0.2) is 0 Å². The predicted octanol–water partition coefficient (Wildman–Crippen LogP) is 1.75. The summed E-state index contributed by atoms with van der Waals surface area (Å²) in [6.07, 6.45) is 0. The summed E-state index contributed by atoms with van der Waals surface area (Å²) in [7, 11) is 0. The molecule has 0 amide bonds. The summed E-state index contributed by atoms with van der Waals surface area (Å²) < 4.78 is 5.19. The minimum absolute atomic E-state index is 0.743. The molecule has 1 aromatic rings. The van der Waals surface area contributed by atoms with Crippen LogP contribution in [-0.4, -0.2) is 19.8 Å². The highest BCUT2D eigenvalue weighted by molar-refractivity contribution is 7.10. The third-order valence-electron chi connectivity index (χ3n) is 1.71. The van der Waals surface area contributed by atoms with Crippen LogP contribution in [0.25, 0.3) is 0 Å². The smallest absolute Gasteiger partial charge is 0.100 e. The van der Waals surface area contributed by atoms with Crippen molar-refractivity contribution in [3.8, 4) is 6.07 Å². The molecule has 0 fully saturated rings. The molecule has 0 saturated carbocycles. The summed E-state index contributed by atoms with van der Waals surface area (Å²) in [6, 6.07) is 4.03. The first-order valence-electron chi connectivity index (χ1n) is 4.62. The minimum atomic E-state index is 0.743. The van der Waals surface area contributed by atoms with Crippen LogP contribution >= 0.6 is 11.3 Å². The standard InChI is InChI=1S/C10H14N2OS/c1-2-13-4-3-12-7-10-5-9(6-11)8-14-10/h5,8,12H,2-4,7H2,1H3. The Hall–Kier alpha value is -0.890. The molecule has 4 heteroatoms. The summed E-state index contributed by atoms with van der Waals surface area (Å²) in [5.41, 5.74) is 0.747. The Bertz CT molecular complexity index is 303. The highest BCUT2D eigenvalue weighted by atomic mass is 32.1. The van der Waals surface area contributed by atoms with Crippen LogP contribution in [0.15, 0.2) is 11.4 Å². The first-order chi connectivity index (χ1) is 6.86. The summed E-state index contributed by atoms with van der Waals surface area (Å²) in [5.74, 6) is 0. The van der Waals surface area contributed by atoms with Gasteiger partial charge in [-0.2, -0.15) is 5.26 Å². The van der Waals surface area contributed by atoms with Crippen molar-refractivity contribution in [2.75, 3.05) is 19.8 Å². The second-order valence-electron chi connectivity index (χ2n) is 2.79. The van der Waals surface area contributed by atoms with Gasteiger partial charge in [-0.1, -0.05) is 0 Å². The molecule has 0 aliphatic rings. The van der Waals surface area contributed by atoms with Gasteiger partial charge in [0.05, 0.1) is 12.2 Å². The van der Waals surface area contributed by atoms with E-state index in [0.29, 0.717) is 0 Å². The normalized spacial score (nSPS) is 10.0. The van der Waals surface area contributed by atoms with Crippen molar-refractivity contribution < 1.29 is 4.74 Å². The van der Waals surface area contributed by atoms with Crippen LogP contribution in [0.5, 0.6) is 0 Å². The van der Waals surface area contributed by atoms with Crippen LogP contribution in [0, 0.1) is 11.3 Å². The summed E-state index contributed by atoms with van der Waals surface area (Å²) in [6.45, 7) is 5.16. The topological polar surface area (TPSA) is 45.0 Å². The molecule has 1 rings (SSSR count). The summed E-state index contributed by atoms with van der Waals surface area (Å²) in [4.78, 5) is 1.19. The van der Waals surface area contributed by atoms with Crippen molar-refractivity contribution in [1.82, 2.24) is 5.32 Å². The predicted molar refractivity (Wildman–Crippen MR) is 57.2 cm³/mol. The number of thiophene rings is 1. The van der Waals surface area contributed by atoms with Gasteiger partial charge in [0.2, 0.25) is 0 Å². The van der Waals surface area contributed by atoms with Crippen LogP contribution in [0.3, 0.4) is 0 Å². The Morgan fingerprint density at radius 2 is 2.50 bits per heavy atom. The maximum absolute atomic E-state index is 8.61. The van der Waals surface area contributed by atoms with Crippen molar-refractivity contribution in [1.29, 1.82) is 5.26 Å². The Kier molecular flexibility index (Phi) is 5.23. The Morgan fingerprint density at radius 1 is 1.64 bits per heavy atom. The molecule has 14 heavy (non-hydrogen) atoms. The molecule has 0 atom stereocenters. The molecule has 76 valence electrons. The molecule has 3 nitrogen and oxygen atoms in total. The Balaban J connectivity index is 2.16. The fourth-order valence-electron chi connectivity index (χ4n) is 1.03. The van der Waals surface area contributed by atoms with Crippen molar-refractivity contribution in [2.24, 2.45) is 0 Å². The minimum Gasteiger partial charge on any atom is -0.380 e. The van der Waals surface area contributed by atoms with E-state index in [1.807, 2.05) is 18.4 Å². The quantitative estimate of drug-likeness (QED) is 0.727. The number of hydrogen-bond acceptors (Lipinski definition) is 4. The summed E-state index contributed by atoms with van der Waals surface area (Å²) >= 11 is 1.61. The van der Waals surface area contributed by atoms with Gasteiger partial charge in [-0.3, -0.25) is 0 Å². The first-order valence-corrected chi connectivity index (χ1v) is 5.50. The van der Waals surface area contributed by atoms with Gasteiger partial charge in [-0.05, 0) is 13.0 Å². The zero-order chi connectivity index (χ0) is 10.2. The van der Waals surface area contributed by atoms with E-state index in [-0.39, 0.29) is 0 Å². The molecule has 0 unspecified atom stereocenters. The van der Waals surface area contributed by atoms with Gasteiger partial charge in [0.25, 0.3) is 0 Å². The van der Waals surface area contributed by atoms with Crippen LogP contribution in [-0.2, 0) is 11.3 Å². The van der Waals surface area contributed by atoms with E-state index in [1.54, 1.807) is 11.3 Å². The lowest BCUT2D eigenvalue weighted by Crippen LogP contribution is -2.18. The fourth-order valence-corrected chi connectivity index (χ4v) is 1.81. The second-order valence-corrected chi connectivity index (χ2v) is 3.78. The maximum Gasteiger partial charge on any atom is 0.100 e. The van der Waals surface area contributed by atoms with Gasteiger partial charge < -0.3 is 10.1 Å². The first kappa shape index (κ1) is 11.2. The van der Waals surface area contributed by atoms with E-state index in [0.717, 1.165) is 31.9 Å². The molecule has 0 saturated heterocycles. The van der Waals surface area contributed by atoms with Gasteiger partial charge in [0.1, 0.15) is 6.07 Å². The molecule has 1 N–H and O–H groups in total. The largest absolute Gasteiger partial charge is 0.380 e. The Morgan fingerprint density at radius 3 is 3.14 bits per heavy atom. The van der Waals surface area contributed by atoms with Crippen LogP contribution in [0.1, 0.15) is 17.4 Å². The van der Waals surface area contributed by atoms with Crippen LogP contribution < -0.4 is 5.32 Å².